The van der Waals surface area contributed by atoms with E-state index in [0.29, 0.717) is 5.75 Å². The van der Waals surface area contributed by atoms with Crippen molar-refractivity contribution in [3.05, 3.63) is 54.1 Å². The molecule has 2 aromatic carbocycles. The minimum absolute atomic E-state index is 0.0386. The number of aryl methyl sites for hydroxylation is 1. The van der Waals surface area contributed by atoms with Crippen LogP contribution in [0.25, 0.3) is 0 Å². The van der Waals surface area contributed by atoms with E-state index in [4.69, 9.17) is 9.88 Å². The Morgan fingerprint density at radius 2 is 1.74 bits per heavy atom. The van der Waals surface area contributed by atoms with Crippen LogP contribution < -0.4 is 13.5 Å². The summed E-state index contributed by atoms with van der Waals surface area (Å²) in [6, 6.07) is 14.2. The monoisotopic (exact) mass is 451 g/mol. The summed E-state index contributed by atoms with van der Waals surface area (Å²) in [5.74, 6) is 0.507. The molecule has 0 aliphatic rings. The molecule has 0 aliphatic carbocycles. The molecule has 0 bridgehead atoms. The van der Waals surface area contributed by atoms with Gasteiger partial charge in [0.25, 0.3) is 0 Å². The van der Waals surface area contributed by atoms with Crippen molar-refractivity contribution < 1.29 is 18.3 Å². The molecule has 2 rings (SSSR count). The van der Waals surface area contributed by atoms with Crippen LogP contribution in [-0.4, -0.2) is 47.2 Å². The Bertz CT molecular complexity index is 730. The number of nitrogens with two attached hydrogens (primary N) is 1. The second-order valence-corrected chi connectivity index (χ2v) is 9.79. The average Bonchev–Trinajstić information content (AvgIpc) is 2.52. The Morgan fingerprint density at radius 3 is 2.30 bits per heavy atom. The van der Waals surface area contributed by atoms with Crippen molar-refractivity contribution in [3.8, 4) is 5.75 Å². The molecule has 0 fully saturated rings. The Balaban J connectivity index is 1.80. The van der Waals surface area contributed by atoms with Gasteiger partial charge in [0, 0.05) is 0 Å². The molecule has 0 saturated heterocycles. The van der Waals surface area contributed by atoms with E-state index in [2.05, 4.69) is 24.3 Å². The van der Waals surface area contributed by atoms with E-state index in [1.807, 2.05) is 6.92 Å². The third-order valence-corrected chi connectivity index (χ3v) is 7.29. The van der Waals surface area contributed by atoms with Gasteiger partial charge in [-0.15, -0.1) is 0 Å². The van der Waals surface area contributed by atoms with E-state index >= 15 is 0 Å². The molecule has 0 spiro atoms. The summed E-state index contributed by atoms with van der Waals surface area (Å²) < 4.78 is 29.8. The summed E-state index contributed by atoms with van der Waals surface area (Å²) >= 11 is -0.443. The third-order valence-electron chi connectivity index (χ3n) is 3.06. The molecule has 0 amide bonds. The molecule has 23 heavy (non-hydrogen) atoms. The van der Waals surface area contributed by atoms with Crippen molar-refractivity contribution in [2.45, 2.75) is 22.4 Å². The molecule has 0 saturated carbocycles. The molecule has 3 N–H and O–H groups in total. The van der Waals surface area contributed by atoms with Gasteiger partial charge in [-0.2, -0.15) is 0 Å². The molecule has 1 unspecified atom stereocenters. The molecule has 7 heteroatoms. The van der Waals surface area contributed by atoms with Gasteiger partial charge in [0.05, 0.1) is 0 Å². The number of sulfonamides is 1. The van der Waals surface area contributed by atoms with Gasteiger partial charge in [-0.3, -0.25) is 0 Å². The Morgan fingerprint density at radius 1 is 1.13 bits per heavy atom. The van der Waals surface area contributed by atoms with Gasteiger partial charge in [0.2, 0.25) is 0 Å². The molecule has 124 valence electrons. The van der Waals surface area contributed by atoms with Crippen molar-refractivity contribution in [1.82, 2.24) is 0 Å². The molecule has 0 heterocycles. The van der Waals surface area contributed by atoms with Gasteiger partial charge in [0.1, 0.15) is 0 Å². The zero-order valence-corrected chi connectivity index (χ0v) is 15.8. The van der Waals surface area contributed by atoms with Crippen molar-refractivity contribution in [3.63, 3.8) is 0 Å². The summed E-state index contributed by atoms with van der Waals surface area (Å²) in [5.41, 5.74) is 1.23. The van der Waals surface area contributed by atoms with Crippen LogP contribution in [0.1, 0.15) is 5.56 Å². The van der Waals surface area contributed by atoms with E-state index in [1.165, 1.54) is 33.4 Å². The summed E-state index contributed by atoms with van der Waals surface area (Å²) in [7, 11) is -3.69. The van der Waals surface area contributed by atoms with Crippen LogP contribution in [0, 0.1) is 6.92 Å². The van der Waals surface area contributed by atoms with Gasteiger partial charge in [-0.1, -0.05) is 0 Å². The Kier molecular flexibility index (Phi) is 6.45. The van der Waals surface area contributed by atoms with E-state index in [1.54, 1.807) is 0 Å². The fraction of sp³-hybridized carbons (Fsp3) is 0.250. The van der Waals surface area contributed by atoms with E-state index < -0.39 is 37.1 Å². The van der Waals surface area contributed by atoms with Crippen LogP contribution in [0.5, 0.6) is 5.75 Å². The fourth-order valence-electron chi connectivity index (χ4n) is 1.79. The molecule has 5 nitrogen and oxygen atoms in total. The summed E-state index contributed by atoms with van der Waals surface area (Å²) in [4.78, 5) is 0.0386. The number of primary sulfonamides is 1. The maximum atomic E-state index is 11.2. The van der Waals surface area contributed by atoms with Crippen molar-refractivity contribution in [1.29, 1.82) is 0 Å². The normalized spacial score (nSPS) is 12.8. The number of aliphatic hydroxyl groups is 1. The zero-order valence-electron chi connectivity index (χ0n) is 12.7. The topological polar surface area (TPSA) is 89.6 Å². The van der Waals surface area contributed by atoms with Gasteiger partial charge >= 0.3 is 147 Å². The first-order chi connectivity index (χ1) is 10.8. The molecular weight excluding hydrogens is 430 g/mol. The van der Waals surface area contributed by atoms with Gasteiger partial charge < -0.3 is 0 Å². The molecule has 2 aromatic rings. The first-order valence-electron chi connectivity index (χ1n) is 6.98. The van der Waals surface area contributed by atoms with E-state index in [9.17, 15) is 13.5 Å². The predicted octanol–water partition coefficient (Wildman–Crippen LogP) is 0.830. The summed E-state index contributed by atoms with van der Waals surface area (Å²) in [5, 5.41) is 15.0. The standard InChI is InChI=1S/C16H19NO4STe/c1-12-2-8-16(9-3-12)23-11-13(18)10-21-14-4-6-15(7-5-14)22(17,19)20/h2-9,13,18H,10-11H2,1H3,(H2,17,19,20). The van der Waals surface area contributed by atoms with Crippen LogP contribution in [0.2, 0.25) is 4.47 Å². The predicted molar refractivity (Wildman–Crippen MR) is 90.7 cm³/mol. The first kappa shape index (κ1) is 18.2. The summed E-state index contributed by atoms with van der Waals surface area (Å²) in [6.45, 7) is 2.24. The summed E-state index contributed by atoms with van der Waals surface area (Å²) in [6.07, 6.45) is -0.531. The van der Waals surface area contributed by atoms with Gasteiger partial charge in [-0.25, -0.2) is 0 Å². The number of ether oxygens (including phenoxy) is 1. The number of benzene rings is 2. The van der Waals surface area contributed by atoms with Crippen LogP contribution in [0.4, 0.5) is 0 Å². The second kappa shape index (κ2) is 8.13. The van der Waals surface area contributed by atoms with Crippen LogP contribution in [0.15, 0.2) is 53.4 Å². The number of rotatable bonds is 7. The van der Waals surface area contributed by atoms with Gasteiger partial charge in [-0.05, 0) is 0 Å². The molecular formula is C16H19NO4STe. The number of hydrogen-bond acceptors (Lipinski definition) is 4. The molecule has 0 aliphatic heterocycles. The molecule has 0 radical (unpaired) electrons. The van der Waals surface area contributed by atoms with Crippen molar-refractivity contribution in [2.75, 3.05) is 6.61 Å². The molecule has 1 atom stereocenters. The van der Waals surface area contributed by atoms with Crippen molar-refractivity contribution in [2.24, 2.45) is 5.14 Å². The van der Waals surface area contributed by atoms with E-state index in [-0.39, 0.29) is 11.5 Å². The fourth-order valence-corrected chi connectivity index (χ4v) is 4.62. The number of hydrogen-bond donors (Lipinski definition) is 2. The Hall–Kier alpha value is -1.10. The third kappa shape index (κ3) is 6.13. The van der Waals surface area contributed by atoms with Crippen molar-refractivity contribution >= 4 is 34.6 Å². The van der Waals surface area contributed by atoms with Crippen LogP contribution in [0.3, 0.4) is 0 Å². The van der Waals surface area contributed by atoms with Crippen LogP contribution in [-0.2, 0) is 10.0 Å². The maximum absolute atomic E-state index is 11.2. The quantitative estimate of drug-likeness (QED) is 0.614. The second-order valence-electron chi connectivity index (χ2n) is 5.11. The Labute approximate surface area is 146 Å². The minimum atomic E-state index is -3.69. The average molecular weight is 449 g/mol. The molecule has 0 aromatic heterocycles. The first-order valence-corrected chi connectivity index (χ1v) is 11.3. The SMILES string of the molecule is Cc1ccc([Te]CC(O)COc2ccc(S(N)(=O)=O)cc2)cc1. The van der Waals surface area contributed by atoms with Gasteiger partial charge in [0.15, 0.2) is 0 Å². The van der Waals surface area contributed by atoms with Crippen LogP contribution >= 0.6 is 0 Å². The zero-order chi connectivity index (χ0) is 16.9. The number of aliphatic hydroxyl groups excluding tert-OH is 1. The van der Waals surface area contributed by atoms with E-state index in [0.717, 1.165) is 4.47 Å².